The van der Waals surface area contributed by atoms with Crippen LogP contribution in [0.4, 0.5) is 0 Å². The van der Waals surface area contributed by atoms with E-state index in [9.17, 15) is 0 Å². The predicted octanol–water partition coefficient (Wildman–Crippen LogP) is 3.55. The number of aromatic nitrogens is 1. The third-order valence-corrected chi connectivity index (χ3v) is 3.55. The number of halogens is 1. The molecule has 1 aromatic carbocycles. The molecule has 1 unspecified atom stereocenters. The Morgan fingerprint density at radius 3 is 2.70 bits per heavy atom. The van der Waals surface area contributed by atoms with Crippen LogP contribution in [-0.2, 0) is 12.8 Å². The summed E-state index contributed by atoms with van der Waals surface area (Å²) >= 11 is 6.03. The molecule has 1 atom stereocenters. The summed E-state index contributed by atoms with van der Waals surface area (Å²) in [4.78, 5) is 4.44. The Hall–Kier alpha value is -1.58. The van der Waals surface area contributed by atoms with Gasteiger partial charge in [-0.1, -0.05) is 24.6 Å². The zero-order valence-corrected chi connectivity index (χ0v) is 12.5. The number of methoxy groups -OCH3 is 1. The maximum Gasteiger partial charge on any atom is 0.123 e. The number of hydrogen-bond donors (Lipinski definition) is 1. The number of rotatable bonds is 5. The van der Waals surface area contributed by atoms with Crippen LogP contribution < -0.4 is 10.5 Å². The molecule has 0 aliphatic rings. The lowest BCUT2D eigenvalue weighted by Gasteiger charge is -2.16. The van der Waals surface area contributed by atoms with Crippen LogP contribution in [0.25, 0.3) is 0 Å². The van der Waals surface area contributed by atoms with Crippen LogP contribution >= 0.6 is 11.6 Å². The zero-order valence-electron chi connectivity index (χ0n) is 11.8. The van der Waals surface area contributed by atoms with E-state index < -0.39 is 0 Å². The van der Waals surface area contributed by atoms with Gasteiger partial charge in [0.1, 0.15) is 5.75 Å². The van der Waals surface area contributed by atoms with Gasteiger partial charge in [0.2, 0.25) is 0 Å². The standard InChI is InChI=1S/C16H19ClN2O/c1-3-11-4-6-13(19-10-11)9-15(18)14-8-12(17)5-7-16(14)20-2/h4-8,10,15H,3,9,18H2,1-2H3. The van der Waals surface area contributed by atoms with Gasteiger partial charge < -0.3 is 10.5 Å². The highest BCUT2D eigenvalue weighted by atomic mass is 35.5. The second kappa shape index (κ2) is 6.73. The van der Waals surface area contributed by atoms with Gasteiger partial charge >= 0.3 is 0 Å². The van der Waals surface area contributed by atoms with Gasteiger partial charge in [-0.05, 0) is 36.2 Å². The fourth-order valence-electron chi connectivity index (χ4n) is 2.12. The van der Waals surface area contributed by atoms with Crippen molar-refractivity contribution in [3.8, 4) is 5.75 Å². The molecule has 2 rings (SSSR count). The Balaban J connectivity index is 2.18. The fourth-order valence-corrected chi connectivity index (χ4v) is 2.30. The summed E-state index contributed by atoms with van der Waals surface area (Å²) in [7, 11) is 1.63. The van der Waals surface area contributed by atoms with E-state index in [1.165, 1.54) is 5.56 Å². The van der Waals surface area contributed by atoms with Crippen LogP contribution in [0.15, 0.2) is 36.5 Å². The molecule has 0 spiro atoms. The van der Waals surface area contributed by atoms with Crippen molar-refractivity contribution in [3.63, 3.8) is 0 Å². The highest BCUT2D eigenvalue weighted by Crippen LogP contribution is 2.28. The van der Waals surface area contributed by atoms with Gasteiger partial charge in [-0.2, -0.15) is 0 Å². The lowest BCUT2D eigenvalue weighted by atomic mass is 10.0. The molecule has 0 fully saturated rings. The first-order valence-corrected chi connectivity index (χ1v) is 7.04. The van der Waals surface area contributed by atoms with Crippen LogP contribution in [0.2, 0.25) is 5.02 Å². The molecule has 4 heteroatoms. The van der Waals surface area contributed by atoms with Crippen LogP contribution in [-0.4, -0.2) is 12.1 Å². The lowest BCUT2D eigenvalue weighted by Crippen LogP contribution is -2.15. The minimum Gasteiger partial charge on any atom is -0.496 e. The topological polar surface area (TPSA) is 48.1 Å². The number of aryl methyl sites for hydroxylation is 1. The lowest BCUT2D eigenvalue weighted by molar-refractivity contribution is 0.405. The van der Waals surface area contributed by atoms with E-state index in [2.05, 4.69) is 18.0 Å². The second-order valence-corrected chi connectivity index (χ2v) is 5.14. The first kappa shape index (κ1) is 14.8. The number of ether oxygens (including phenoxy) is 1. The summed E-state index contributed by atoms with van der Waals surface area (Å²) < 4.78 is 5.34. The fraction of sp³-hybridized carbons (Fsp3) is 0.312. The molecule has 0 saturated carbocycles. The Labute approximate surface area is 124 Å². The van der Waals surface area contributed by atoms with Gasteiger partial charge in [-0.3, -0.25) is 4.98 Å². The monoisotopic (exact) mass is 290 g/mol. The molecule has 106 valence electrons. The van der Waals surface area contributed by atoms with E-state index in [0.29, 0.717) is 11.4 Å². The minimum atomic E-state index is -0.191. The molecule has 1 aromatic heterocycles. The Bertz CT molecular complexity index is 569. The molecule has 0 amide bonds. The van der Waals surface area contributed by atoms with Gasteiger partial charge in [0.25, 0.3) is 0 Å². The molecule has 1 heterocycles. The summed E-state index contributed by atoms with van der Waals surface area (Å²) in [5.74, 6) is 0.757. The summed E-state index contributed by atoms with van der Waals surface area (Å²) in [6, 6.07) is 9.41. The first-order valence-electron chi connectivity index (χ1n) is 6.67. The molecular formula is C16H19ClN2O. The normalized spacial score (nSPS) is 12.2. The van der Waals surface area contributed by atoms with Crippen molar-refractivity contribution < 1.29 is 4.74 Å². The molecule has 0 aliphatic carbocycles. The average Bonchev–Trinajstić information content (AvgIpc) is 2.48. The predicted molar refractivity (Wildman–Crippen MR) is 82.3 cm³/mol. The van der Waals surface area contributed by atoms with Gasteiger partial charge in [-0.25, -0.2) is 0 Å². The van der Waals surface area contributed by atoms with Crippen molar-refractivity contribution in [1.82, 2.24) is 4.98 Å². The van der Waals surface area contributed by atoms with Crippen molar-refractivity contribution in [1.29, 1.82) is 0 Å². The largest absolute Gasteiger partial charge is 0.496 e. The molecule has 20 heavy (non-hydrogen) atoms. The SMILES string of the molecule is CCc1ccc(CC(N)c2cc(Cl)ccc2OC)nc1. The van der Waals surface area contributed by atoms with E-state index in [1.54, 1.807) is 13.2 Å². The van der Waals surface area contributed by atoms with Crippen molar-refractivity contribution in [2.45, 2.75) is 25.8 Å². The number of benzene rings is 1. The summed E-state index contributed by atoms with van der Waals surface area (Å²) in [6.07, 6.45) is 3.54. The zero-order chi connectivity index (χ0) is 14.5. The minimum absolute atomic E-state index is 0.191. The van der Waals surface area contributed by atoms with Crippen molar-refractivity contribution in [2.75, 3.05) is 7.11 Å². The number of nitrogens with two attached hydrogens (primary N) is 1. The van der Waals surface area contributed by atoms with E-state index in [1.807, 2.05) is 24.4 Å². The quantitative estimate of drug-likeness (QED) is 0.916. The Morgan fingerprint density at radius 2 is 2.10 bits per heavy atom. The molecule has 2 aromatic rings. The van der Waals surface area contributed by atoms with Gasteiger partial charge in [0.15, 0.2) is 0 Å². The molecule has 0 saturated heterocycles. The summed E-state index contributed by atoms with van der Waals surface area (Å²) in [6.45, 7) is 2.11. The van der Waals surface area contributed by atoms with Crippen LogP contribution in [0.3, 0.4) is 0 Å². The van der Waals surface area contributed by atoms with Crippen molar-refractivity contribution in [3.05, 3.63) is 58.4 Å². The van der Waals surface area contributed by atoms with E-state index >= 15 is 0 Å². The van der Waals surface area contributed by atoms with Gasteiger partial charge in [0, 0.05) is 34.9 Å². The summed E-state index contributed by atoms with van der Waals surface area (Å²) in [5, 5.41) is 0.658. The molecule has 0 radical (unpaired) electrons. The van der Waals surface area contributed by atoms with Crippen LogP contribution in [0.5, 0.6) is 5.75 Å². The number of nitrogens with zero attached hydrogens (tertiary/aromatic N) is 1. The maximum atomic E-state index is 6.26. The second-order valence-electron chi connectivity index (χ2n) is 4.71. The first-order chi connectivity index (χ1) is 9.63. The average molecular weight is 291 g/mol. The molecular weight excluding hydrogens is 272 g/mol. The maximum absolute atomic E-state index is 6.26. The van der Waals surface area contributed by atoms with E-state index in [0.717, 1.165) is 23.4 Å². The van der Waals surface area contributed by atoms with E-state index in [-0.39, 0.29) is 6.04 Å². The molecule has 2 N–H and O–H groups in total. The van der Waals surface area contributed by atoms with Gasteiger partial charge in [-0.15, -0.1) is 0 Å². The Morgan fingerprint density at radius 1 is 1.30 bits per heavy atom. The van der Waals surface area contributed by atoms with Crippen LogP contribution in [0, 0.1) is 0 Å². The third-order valence-electron chi connectivity index (χ3n) is 3.31. The van der Waals surface area contributed by atoms with Gasteiger partial charge in [0.05, 0.1) is 7.11 Å². The Kier molecular flexibility index (Phi) is 4.99. The highest BCUT2D eigenvalue weighted by Gasteiger charge is 2.14. The number of hydrogen-bond acceptors (Lipinski definition) is 3. The van der Waals surface area contributed by atoms with Crippen molar-refractivity contribution >= 4 is 11.6 Å². The van der Waals surface area contributed by atoms with Crippen LogP contribution in [0.1, 0.15) is 29.8 Å². The highest BCUT2D eigenvalue weighted by molar-refractivity contribution is 6.30. The summed E-state index contributed by atoms with van der Waals surface area (Å²) in [5.41, 5.74) is 9.36. The van der Waals surface area contributed by atoms with Crippen molar-refractivity contribution in [2.24, 2.45) is 5.73 Å². The molecule has 3 nitrogen and oxygen atoms in total. The number of pyridine rings is 1. The van der Waals surface area contributed by atoms with E-state index in [4.69, 9.17) is 22.1 Å². The molecule has 0 aliphatic heterocycles. The third kappa shape index (κ3) is 3.50. The smallest absolute Gasteiger partial charge is 0.123 e. The molecule has 0 bridgehead atoms.